The summed E-state index contributed by atoms with van der Waals surface area (Å²) in [7, 11) is 0. The van der Waals surface area contributed by atoms with Crippen molar-refractivity contribution >= 4 is 17.7 Å². The van der Waals surface area contributed by atoms with E-state index in [0.29, 0.717) is 29.7 Å². The van der Waals surface area contributed by atoms with Gasteiger partial charge in [-0.25, -0.2) is 8.78 Å². The molecule has 2 aromatic carbocycles. The number of ether oxygens (including phenoxy) is 2. The Labute approximate surface area is 161 Å². The maximum absolute atomic E-state index is 13.8. The monoisotopic (exact) mass is 384 g/mol. The third-order valence-corrected chi connectivity index (χ3v) is 4.17. The van der Waals surface area contributed by atoms with Gasteiger partial charge < -0.3 is 14.8 Å². The van der Waals surface area contributed by atoms with Crippen LogP contribution in [0.5, 0.6) is 11.5 Å². The van der Waals surface area contributed by atoms with Gasteiger partial charge in [0.25, 0.3) is 5.91 Å². The SMILES string of the molecule is CCOc1cc2c(cc1/C=C(\C#N)C(=O)Nc1ccc(F)cc1F)O[C@@H](C)C2. The molecule has 1 atom stereocenters. The molecule has 28 heavy (non-hydrogen) atoms. The van der Waals surface area contributed by atoms with E-state index in [1.807, 2.05) is 19.9 Å². The summed E-state index contributed by atoms with van der Waals surface area (Å²) in [5.74, 6) is -1.32. The molecule has 0 aliphatic carbocycles. The average molecular weight is 384 g/mol. The highest BCUT2D eigenvalue weighted by Crippen LogP contribution is 2.36. The molecule has 1 aliphatic heterocycles. The number of amides is 1. The van der Waals surface area contributed by atoms with Crippen LogP contribution in [0, 0.1) is 23.0 Å². The van der Waals surface area contributed by atoms with Gasteiger partial charge in [-0.1, -0.05) is 0 Å². The molecule has 144 valence electrons. The molecule has 0 aromatic heterocycles. The van der Waals surface area contributed by atoms with Gasteiger partial charge in [0.2, 0.25) is 0 Å². The Balaban J connectivity index is 1.92. The summed E-state index contributed by atoms with van der Waals surface area (Å²) in [5, 5.41) is 11.7. The second-order valence-corrected chi connectivity index (χ2v) is 6.31. The molecule has 1 N–H and O–H groups in total. The molecule has 0 unspecified atom stereocenters. The molecule has 1 aliphatic rings. The minimum Gasteiger partial charge on any atom is -0.493 e. The number of nitrogens with zero attached hydrogens (tertiary/aromatic N) is 1. The number of anilines is 1. The largest absolute Gasteiger partial charge is 0.493 e. The summed E-state index contributed by atoms with van der Waals surface area (Å²) in [5.41, 5.74) is 1.02. The second-order valence-electron chi connectivity index (χ2n) is 6.31. The van der Waals surface area contributed by atoms with Crippen LogP contribution in [-0.4, -0.2) is 18.6 Å². The molecule has 0 spiro atoms. The van der Waals surface area contributed by atoms with Crippen molar-refractivity contribution in [1.29, 1.82) is 5.26 Å². The normalized spacial score (nSPS) is 15.4. The first-order chi connectivity index (χ1) is 13.4. The summed E-state index contributed by atoms with van der Waals surface area (Å²) >= 11 is 0. The highest BCUT2D eigenvalue weighted by Gasteiger charge is 2.22. The van der Waals surface area contributed by atoms with E-state index in [1.165, 1.54) is 6.08 Å². The average Bonchev–Trinajstić information content (AvgIpc) is 3.01. The minimum atomic E-state index is -0.930. The van der Waals surface area contributed by atoms with E-state index in [2.05, 4.69) is 5.32 Å². The lowest BCUT2D eigenvalue weighted by atomic mass is 10.0. The number of nitrogens with one attached hydrogen (secondary N) is 1. The molecule has 0 saturated heterocycles. The van der Waals surface area contributed by atoms with Gasteiger partial charge in [0.05, 0.1) is 12.3 Å². The zero-order valence-corrected chi connectivity index (χ0v) is 15.4. The van der Waals surface area contributed by atoms with Gasteiger partial charge in [0, 0.05) is 23.6 Å². The van der Waals surface area contributed by atoms with E-state index in [1.54, 1.807) is 12.1 Å². The lowest BCUT2D eigenvalue weighted by molar-refractivity contribution is -0.112. The summed E-state index contributed by atoms with van der Waals surface area (Å²) in [4.78, 5) is 12.4. The molecule has 0 fully saturated rings. The molecule has 1 heterocycles. The van der Waals surface area contributed by atoms with Crippen LogP contribution in [-0.2, 0) is 11.2 Å². The van der Waals surface area contributed by atoms with Gasteiger partial charge in [0.15, 0.2) is 0 Å². The number of hydrogen-bond acceptors (Lipinski definition) is 4. The van der Waals surface area contributed by atoms with E-state index in [4.69, 9.17) is 9.47 Å². The zero-order valence-electron chi connectivity index (χ0n) is 15.4. The summed E-state index contributed by atoms with van der Waals surface area (Å²) in [6.07, 6.45) is 2.13. The summed E-state index contributed by atoms with van der Waals surface area (Å²) in [6.45, 7) is 4.18. The minimum absolute atomic E-state index is 0.0314. The van der Waals surface area contributed by atoms with Gasteiger partial charge in [-0.05, 0) is 44.2 Å². The Kier molecular flexibility index (Phi) is 5.59. The van der Waals surface area contributed by atoms with Crippen LogP contribution >= 0.6 is 0 Å². The number of halogens is 2. The van der Waals surface area contributed by atoms with Gasteiger partial charge in [-0.2, -0.15) is 5.26 Å². The predicted octanol–water partition coefficient (Wildman–Crippen LogP) is 4.23. The number of carbonyl (C=O) groups excluding carboxylic acids is 1. The first kappa shape index (κ1) is 19.4. The molecule has 0 bridgehead atoms. The van der Waals surface area contributed by atoms with Crippen LogP contribution in [0.4, 0.5) is 14.5 Å². The molecule has 1 amide bonds. The van der Waals surface area contributed by atoms with Gasteiger partial charge in [-0.15, -0.1) is 0 Å². The Morgan fingerprint density at radius 1 is 1.39 bits per heavy atom. The lowest BCUT2D eigenvalue weighted by Crippen LogP contribution is -2.14. The summed E-state index contributed by atoms with van der Waals surface area (Å²) < 4.78 is 38.1. The topological polar surface area (TPSA) is 71.3 Å². The molecule has 7 heteroatoms. The molecular formula is C21H18F2N2O3. The summed E-state index contributed by atoms with van der Waals surface area (Å²) in [6, 6.07) is 8.11. The number of fused-ring (bicyclic) bond motifs is 1. The maximum atomic E-state index is 13.8. The smallest absolute Gasteiger partial charge is 0.266 e. The van der Waals surface area contributed by atoms with Crippen LogP contribution in [0.1, 0.15) is 25.0 Å². The number of nitriles is 1. The number of benzene rings is 2. The van der Waals surface area contributed by atoms with Crippen LogP contribution in [0.2, 0.25) is 0 Å². The molecular weight excluding hydrogens is 366 g/mol. The second kappa shape index (κ2) is 8.09. The van der Waals surface area contributed by atoms with E-state index < -0.39 is 17.5 Å². The highest BCUT2D eigenvalue weighted by molar-refractivity contribution is 6.09. The van der Waals surface area contributed by atoms with Gasteiger partial charge in [-0.3, -0.25) is 4.79 Å². The van der Waals surface area contributed by atoms with E-state index >= 15 is 0 Å². The lowest BCUT2D eigenvalue weighted by Gasteiger charge is -2.11. The first-order valence-electron chi connectivity index (χ1n) is 8.75. The van der Waals surface area contributed by atoms with E-state index in [-0.39, 0.29) is 17.4 Å². The van der Waals surface area contributed by atoms with Crippen molar-refractivity contribution in [3.8, 4) is 17.6 Å². The Morgan fingerprint density at radius 2 is 2.18 bits per heavy atom. The fraction of sp³-hybridized carbons (Fsp3) is 0.238. The quantitative estimate of drug-likeness (QED) is 0.619. The maximum Gasteiger partial charge on any atom is 0.266 e. The predicted molar refractivity (Wildman–Crippen MR) is 100.0 cm³/mol. The van der Waals surface area contributed by atoms with Crippen molar-refractivity contribution in [3.63, 3.8) is 0 Å². The Morgan fingerprint density at radius 3 is 2.86 bits per heavy atom. The molecule has 0 saturated carbocycles. The van der Waals surface area contributed by atoms with Crippen molar-refractivity contribution < 1.29 is 23.0 Å². The van der Waals surface area contributed by atoms with Crippen LogP contribution in [0.3, 0.4) is 0 Å². The van der Waals surface area contributed by atoms with E-state index in [0.717, 1.165) is 24.1 Å². The zero-order chi connectivity index (χ0) is 20.3. The van der Waals surface area contributed by atoms with Crippen molar-refractivity contribution in [3.05, 3.63) is 58.7 Å². The number of hydrogen-bond donors (Lipinski definition) is 1. The molecule has 2 aromatic rings. The standard InChI is InChI=1S/C21H18F2N2O3/c1-3-27-19-8-13-6-12(2)28-20(13)9-14(19)7-15(11-24)21(26)25-18-5-4-16(22)10-17(18)23/h4-5,7-10,12H,3,6H2,1-2H3,(H,25,26)/b15-7+/t12-/m0/s1. The fourth-order valence-electron chi connectivity index (χ4n) is 2.93. The first-order valence-corrected chi connectivity index (χ1v) is 8.75. The Hall–Kier alpha value is -3.40. The van der Waals surface area contributed by atoms with Crippen molar-refractivity contribution in [2.24, 2.45) is 0 Å². The molecule has 5 nitrogen and oxygen atoms in total. The van der Waals surface area contributed by atoms with Crippen molar-refractivity contribution in [2.75, 3.05) is 11.9 Å². The highest BCUT2D eigenvalue weighted by atomic mass is 19.1. The van der Waals surface area contributed by atoms with Crippen LogP contribution in [0.25, 0.3) is 6.08 Å². The number of rotatable bonds is 5. The van der Waals surface area contributed by atoms with Gasteiger partial charge >= 0.3 is 0 Å². The van der Waals surface area contributed by atoms with Gasteiger partial charge in [0.1, 0.15) is 40.9 Å². The van der Waals surface area contributed by atoms with Crippen LogP contribution < -0.4 is 14.8 Å². The molecule has 0 radical (unpaired) electrons. The third kappa shape index (κ3) is 4.12. The Bertz CT molecular complexity index is 996. The third-order valence-electron chi connectivity index (χ3n) is 4.17. The van der Waals surface area contributed by atoms with Crippen LogP contribution in [0.15, 0.2) is 35.9 Å². The van der Waals surface area contributed by atoms with E-state index in [9.17, 15) is 18.8 Å². The molecule has 3 rings (SSSR count). The van der Waals surface area contributed by atoms with Crippen molar-refractivity contribution in [1.82, 2.24) is 0 Å². The fourth-order valence-corrected chi connectivity index (χ4v) is 2.93. The van der Waals surface area contributed by atoms with Crippen molar-refractivity contribution in [2.45, 2.75) is 26.4 Å². The number of carbonyl (C=O) groups is 1.